The molecule has 0 spiro atoms. The van der Waals surface area contributed by atoms with Gasteiger partial charge in [-0.05, 0) is 69.2 Å². The maximum Gasteiger partial charge on any atom is 0.296 e. The molecule has 1 amide bonds. The molecule has 1 N–H and O–H groups in total. The lowest BCUT2D eigenvalue weighted by molar-refractivity contribution is 0.0999. The highest BCUT2D eigenvalue weighted by Gasteiger charge is 2.18. The monoisotopic (exact) mass is 388 g/mol. The van der Waals surface area contributed by atoms with E-state index in [0.29, 0.717) is 12.2 Å². The number of phenols is 1. The molecule has 0 aliphatic heterocycles. The predicted molar refractivity (Wildman–Crippen MR) is 118 cm³/mol. The highest BCUT2D eigenvalue weighted by atomic mass is 16.3. The van der Waals surface area contributed by atoms with E-state index in [4.69, 9.17) is 0 Å². The fraction of sp³-hybridized carbons (Fsp3) is 0.261. The summed E-state index contributed by atoms with van der Waals surface area (Å²) in [5.74, 6) is -0.120. The summed E-state index contributed by atoms with van der Waals surface area (Å²) in [6.07, 6.45) is 1.67. The lowest BCUT2D eigenvalue weighted by Crippen LogP contribution is -2.20. The molecule has 0 saturated heterocycles. The van der Waals surface area contributed by atoms with Gasteiger partial charge in [-0.25, -0.2) is 4.99 Å². The average molecular weight is 388 g/mol. The van der Waals surface area contributed by atoms with Crippen LogP contribution in [0.15, 0.2) is 41.5 Å². The van der Waals surface area contributed by atoms with Crippen molar-refractivity contribution in [3.63, 3.8) is 0 Å². The van der Waals surface area contributed by atoms with Gasteiger partial charge in [0.2, 0.25) is 0 Å². The summed E-state index contributed by atoms with van der Waals surface area (Å²) < 4.78 is 2.13. The van der Waals surface area contributed by atoms with Crippen LogP contribution in [0.25, 0.3) is 32.6 Å². The number of aliphatic imine (C=N–C) groups is 1. The molecule has 0 bridgehead atoms. The summed E-state index contributed by atoms with van der Waals surface area (Å²) in [5.41, 5.74) is 4.27. The normalized spacial score (nSPS) is 12.6. The molecule has 6 heteroatoms. The van der Waals surface area contributed by atoms with Crippen LogP contribution in [0.2, 0.25) is 0 Å². The van der Waals surface area contributed by atoms with Crippen molar-refractivity contribution in [2.75, 3.05) is 20.6 Å². The fourth-order valence-electron chi connectivity index (χ4n) is 4.17. The smallest absolute Gasteiger partial charge is 0.296 e. The number of carbonyl (C=O) groups excluding carboxylic acids is 1. The van der Waals surface area contributed by atoms with E-state index in [1.807, 2.05) is 51.2 Å². The van der Waals surface area contributed by atoms with Gasteiger partial charge in [-0.15, -0.1) is 0 Å². The van der Waals surface area contributed by atoms with Crippen molar-refractivity contribution in [3.05, 3.63) is 47.8 Å². The first-order chi connectivity index (χ1) is 13.8. The Balaban J connectivity index is 2.01. The minimum absolute atomic E-state index is 0.217. The molecule has 2 aromatic heterocycles. The van der Waals surface area contributed by atoms with Gasteiger partial charge in [0.25, 0.3) is 5.91 Å². The van der Waals surface area contributed by atoms with Crippen molar-refractivity contribution in [2.24, 2.45) is 12.0 Å². The Morgan fingerprint density at radius 1 is 1.14 bits per heavy atom. The molecule has 0 unspecified atom stereocenters. The minimum Gasteiger partial charge on any atom is -0.508 e. The molecule has 4 rings (SSSR count). The second kappa shape index (κ2) is 6.97. The molecule has 0 fully saturated rings. The topological polar surface area (TPSA) is 70.7 Å². The number of carbonyl (C=O) groups is 1. The Morgan fingerprint density at radius 2 is 1.90 bits per heavy atom. The maximum absolute atomic E-state index is 12.9. The molecule has 2 aromatic carbocycles. The zero-order chi connectivity index (χ0) is 20.9. The van der Waals surface area contributed by atoms with Crippen LogP contribution in [0.1, 0.15) is 23.0 Å². The SMILES string of the molecule is CC(CN(C)C)=NC(=O)c1nccc2c(C)c3c(cc12)c1cc(O)ccc1n3C. The fourth-order valence-corrected chi connectivity index (χ4v) is 4.17. The second-order valence-corrected chi connectivity index (χ2v) is 7.80. The largest absolute Gasteiger partial charge is 0.508 e. The average Bonchev–Trinajstić information content (AvgIpc) is 2.92. The molecule has 29 heavy (non-hydrogen) atoms. The number of amides is 1. The maximum atomic E-state index is 12.9. The molecule has 0 atom stereocenters. The zero-order valence-electron chi connectivity index (χ0n) is 17.3. The third-order valence-electron chi connectivity index (χ3n) is 5.30. The number of hydrogen-bond donors (Lipinski definition) is 1. The lowest BCUT2D eigenvalue weighted by atomic mass is 10.00. The Labute approximate surface area is 169 Å². The standard InChI is InChI=1S/C23H24N4O2/c1-13(12-26(3)4)25-23(29)21-18-11-19-17-10-15(28)6-7-20(17)27(5)22(19)14(2)16(18)8-9-24-21/h6-11,28H,12H2,1-5H3. The van der Waals surface area contributed by atoms with Crippen molar-refractivity contribution in [1.29, 1.82) is 0 Å². The molecule has 0 saturated carbocycles. The summed E-state index contributed by atoms with van der Waals surface area (Å²) in [4.78, 5) is 23.5. The zero-order valence-corrected chi connectivity index (χ0v) is 17.3. The molecule has 4 aromatic rings. The van der Waals surface area contributed by atoms with Crippen LogP contribution >= 0.6 is 0 Å². The van der Waals surface area contributed by atoms with Crippen LogP contribution in [-0.4, -0.2) is 51.8 Å². The number of nitrogens with zero attached hydrogens (tertiary/aromatic N) is 4. The van der Waals surface area contributed by atoms with Gasteiger partial charge in [-0.3, -0.25) is 9.78 Å². The third-order valence-corrected chi connectivity index (χ3v) is 5.30. The number of aromatic hydroxyl groups is 1. The van der Waals surface area contributed by atoms with Gasteiger partial charge in [-0.1, -0.05) is 0 Å². The van der Waals surface area contributed by atoms with Crippen molar-refractivity contribution in [2.45, 2.75) is 13.8 Å². The highest BCUT2D eigenvalue weighted by molar-refractivity contribution is 6.18. The van der Waals surface area contributed by atoms with Crippen LogP contribution < -0.4 is 0 Å². The Kier molecular flexibility index (Phi) is 4.59. The third kappa shape index (κ3) is 3.15. The summed E-state index contributed by atoms with van der Waals surface area (Å²) in [6, 6.07) is 9.30. The quantitative estimate of drug-likeness (QED) is 0.538. The van der Waals surface area contributed by atoms with E-state index in [9.17, 15) is 9.90 Å². The van der Waals surface area contributed by atoms with Gasteiger partial charge in [0, 0.05) is 47.2 Å². The van der Waals surface area contributed by atoms with Gasteiger partial charge in [0.15, 0.2) is 0 Å². The van der Waals surface area contributed by atoms with E-state index in [-0.39, 0.29) is 11.7 Å². The van der Waals surface area contributed by atoms with Crippen LogP contribution in [0.5, 0.6) is 5.75 Å². The van der Waals surface area contributed by atoms with E-state index in [0.717, 1.165) is 43.9 Å². The second-order valence-electron chi connectivity index (χ2n) is 7.80. The first-order valence-electron chi connectivity index (χ1n) is 9.50. The van der Waals surface area contributed by atoms with Crippen molar-refractivity contribution >= 4 is 44.2 Å². The van der Waals surface area contributed by atoms with Crippen molar-refractivity contribution in [3.8, 4) is 5.75 Å². The van der Waals surface area contributed by atoms with Crippen LogP contribution in [0.4, 0.5) is 0 Å². The van der Waals surface area contributed by atoms with Gasteiger partial charge >= 0.3 is 0 Å². The molecular weight excluding hydrogens is 364 g/mol. The number of aryl methyl sites for hydroxylation is 2. The number of hydrogen-bond acceptors (Lipinski definition) is 4. The van der Waals surface area contributed by atoms with Gasteiger partial charge < -0.3 is 14.6 Å². The van der Waals surface area contributed by atoms with Gasteiger partial charge in [0.1, 0.15) is 11.4 Å². The summed E-state index contributed by atoms with van der Waals surface area (Å²) in [7, 11) is 5.90. The van der Waals surface area contributed by atoms with Crippen LogP contribution in [0, 0.1) is 6.92 Å². The van der Waals surface area contributed by atoms with Crippen LogP contribution in [-0.2, 0) is 7.05 Å². The lowest BCUT2D eigenvalue weighted by Gasteiger charge is -2.10. The number of fused-ring (bicyclic) bond motifs is 4. The van der Waals surface area contributed by atoms with Crippen LogP contribution in [0.3, 0.4) is 0 Å². The molecule has 148 valence electrons. The predicted octanol–water partition coefficient (Wildman–Crippen LogP) is 4.06. The molecule has 0 aliphatic carbocycles. The van der Waals surface area contributed by atoms with E-state index in [2.05, 4.69) is 21.5 Å². The van der Waals surface area contributed by atoms with Crippen molar-refractivity contribution < 1.29 is 9.90 Å². The number of benzene rings is 2. The Morgan fingerprint density at radius 3 is 2.62 bits per heavy atom. The number of pyridine rings is 1. The Hall–Kier alpha value is -3.25. The molecule has 0 radical (unpaired) electrons. The molecule has 2 heterocycles. The number of rotatable bonds is 3. The summed E-state index contributed by atoms with van der Waals surface area (Å²) in [5, 5.41) is 13.7. The first kappa shape index (κ1) is 19.1. The molecular formula is C23H24N4O2. The van der Waals surface area contributed by atoms with E-state index in [1.165, 1.54) is 0 Å². The van der Waals surface area contributed by atoms with Crippen molar-refractivity contribution in [1.82, 2.24) is 14.5 Å². The number of phenolic OH excluding ortho intramolecular Hbond substituents is 1. The summed E-state index contributed by atoms with van der Waals surface area (Å²) in [6.45, 7) is 4.51. The molecule has 6 nitrogen and oxygen atoms in total. The Bertz CT molecular complexity index is 1320. The minimum atomic E-state index is -0.336. The van der Waals surface area contributed by atoms with Gasteiger partial charge in [0.05, 0.1) is 5.52 Å². The summed E-state index contributed by atoms with van der Waals surface area (Å²) >= 11 is 0. The van der Waals surface area contributed by atoms with Gasteiger partial charge in [-0.2, -0.15) is 0 Å². The highest BCUT2D eigenvalue weighted by Crippen LogP contribution is 2.36. The van der Waals surface area contributed by atoms with E-state index in [1.54, 1.807) is 18.3 Å². The number of aromatic nitrogens is 2. The molecule has 0 aliphatic rings. The van der Waals surface area contributed by atoms with E-state index >= 15 is 0 Å². The first-order valence-corrected chi connectivity index (χ1v) is 9.50. The van der Waals surface area contributed by atoms with E-state index < -0.39 is 0 Å².